The van der Waals surface area contributed by atoms with Crippen LogP contribution in [0.4, 0.5) is 4.39 Å². The third kappa shape index (κ3) is 2.64. The molecule has 1 saturated carbocycles. The fourth-order valence-electron chi connectivity index (χ4n) is 3.81. The third-order valence-electron chi connectivity index (χ3n) is 4.81. The Bertz CT molecular complexity index is 622. The van der Waals surface area contributed by atoms with Gasteiger partial charge in [0.15, 0.2) is 0 Å². The van der Waals surface area contributed by atoms with Crippen LogP contribution >= 0.6 is 15.9 Å². The van der Waals surface area contributed by atoms with Crippen molar-refractivity contribution in [2.24, 2.45) is 11.7 Å². The van der Waals surface area contributed by atoms with E-state index in [0.29, 0.717) is 16.8 Å². The minimum absolute atomic E-state index is 0.00266. The molecule has 3 atom stereocenters. The van der Waals surface area contributed by atoms with E-state index >= 15 is 0 Å². The van der Waals surface area contributed by atoms with Crippen molar-refractivity contribution in [2.75, 3.05) is 0 Å². The van der Waals surface area contributed by atoms with Gasteiger partial charge in [-0.15, -0.1) is 0 Å². The molecule has 1 aromatic carbocycles. The molecule has 2 aliphatic rings. The molecule has 0 bridgehead atoms. The Hall–Kier alpha value is -1.43. The molecular weight excluding hydrogens is 351 g/mol. The van der Waals surface area contributed by atoms with E-state index < -0.39 is 23.7 Å². The first-order chi connectivity index (χ1) is 10.5. The van der Waals surface area contributed by atoms with Gasteiger partial charge in [0.25, 0.3) is 5.91 Å². The number of nitrogens with zero attached hydrogens (tertiary/aromatic N) is 1. The number of rotatable bonds is 2. The van der Waals surface area contributed by atoms with Gasteiger partial charge in [0, 0.05) is 10.5 Å². The lowest BCUT2D eigenvalue weighted by atomic mass is 9.84. The second-order valence-corrected chi connectivity index (χ2v) is 7.02. The van der Waals surface area contributed by atoms with Gasteiger partial charge in [0.05, 0.1) is 5.56 Å². The van der Waals surface area contributed by atoms with Gasteiger partial charge in [-0.2, -0.15) is 0 Å². The van der Waals surface area contributed by atoms with E-state index in [1.807, 2.05) is 0 Å². The van der Waals surface area contributed by atoms with Gasteiger partial charge in [0.1, 0.15) is 11.9 Å². The maximum Gasteiger partial charge on any atom is 0.257 e. The molecule has 1 heterocycles. The Balaban J connectivity index is 1.97. The molecule has 0 unspecified atom stereocenters. The first kappa shape index (κ1) is 15.5. The fourth-order valence-corrected chi connectivity index (χ4v) is 4.17. The number of carbonyl (C=O) groups excluding carboxylic acids is 2. The molecule has 0 radical (unpaired) electrons. The van der Waals surface area contributed by atoms with Crippen LogP contribution in [0.3, 0.4) is 0 Å². The van der Waals surface area contributed by atoms with Crippen LogP contribution in [0.25, 0.3) is 0 Å². The summed E-state index contributed by atoms with van der Waals surface area (Å²) in [5.74, 6) is -1.21. The molecule has 118 valence electrons. The van der Waals surface area contributed by atoms with Gasteiger partial charge in [-0.25, -0.2) is 4.39 Å². The summed E-state index contributed by atoms with van der Waals surface area (Å²) in [6.45, 7) is 0. The van der Waals surface area contributed by atoms with E-state index in [0.717, 1.165) is 25.7 Å². The summed E-state index contributed by atoms with van der Waals surface area (Å²) in [6, 6.07) is 3.64. The maximum absolute atomic E-state index is 14.0. The average Bonchev–Trinajstić information content (AvgIpc) is 2.88. The molecular formula is C16H18BrFN2O2. The standard InChI is InChI=1S/C16H18BrFN2O2/c17-10-5-6-12(18)11(8-10)16(22)20-13-4-2-1-3-9(13)7-14(20)15(19)21/h5-6,8-9,13-14H,1-4,7H2,(H2,19,21)/t9-,13-,14+/m1/s1. The predicted molar refractivity (Wildman–Crippen MR) is 83.6 cm³/mol. The van der Waals surface area contributed by atoms with Gasteiger partial charge >= 0.3 is 0 Å². The van der Waals surface area contributed by atoms with Gasteiger partial charge in [-0.05, 0) is 43.4 Å². The Morgan fingerprint density at radius 2 is 2.00 bits per heavy atom. The zero-order chi connectivity index (χ0) is 15.9. The SMILES string of the molecule is NC(=O)[C@@H]1C[C@H]2CCCC[C@H]2N1C(=O)c1cc(Br)ccc1F. The van der Waals surface area contributed by atoms with Crippen LogP contribution in [0.1, 0.15) is 42.5 Å². The van der Waals surface area contributed by atoms with E-state index in [-0.39, 0.29) is 11.6 Å². The van der Waals surface area contributed by atoms with E-state index in [9.17, 15) is 14.0 Å². The molecule has 1 aromatic rings. The lowest BCUT2D eigenvalue weighted by molar-refractivity contribution is -0.122. The van der Waals surface area contributed by atoms with Crippen molar-refractivity contribution in [3.63, 3.8) is 0 Å². The molecule has 1 aliphatic heterocycles. The largest absolute Gasteiger partial charge is 0.368 e. The number of benzene rings is 1. The van der Waals surface area contributed by atoms with Gasteiger partial charge in [0.2, 0.25) is 5.91 Å². The van der Waals surface area contributed by atoms with E-state index in [1.165, 1.54) is 17.0 Å². The second-order valence-electron chi connectivity index (χ2n) is 6.10. The van der Waals surface area contributed by atoms with Gasteiger partial charge in [-0.1, -0.05) is 28.8 Å². The summed E-state index contributed by atoms with van der Waals surface area (Å²) in [7, 11) is 0. The molecule has 2 fully saturated rings. The highest BCUT2D eigenvalue weighted by Crippen LogP contribution is 2.40. The number of primary amides is 1. The smallest absolute Gasteiger partial charge is 0.257 e. The van der Waals surface area contributed by atoms with Crippen LogP contribution in [0.2, 0.25) is 0 Å². The Kier molecular flexibility index (Phi) is 4.21. The summed E-state index contributed by atoms with van der Waals surface area (Å²) in [5, 5.41) is 0. The van der Waals surface area contributed by atoms with Crippen LogP contribution in [-0.2, 0) is 4.79 Å². The first-order valence-corrected chi connectivity index (χ1v) is 8.35. The molecule has 4 nitrogen and oxygen atoms in total. The van der Waals surface area contributed by atoms with Crippen molar-refractivity contribution >= 4 is 27.7 Å². The Morgan fingerprint density at radius 1 is 1.27 bits per heavy atom. The molecule has 22 heavy (non-hydrogen) atoms. The molecule has 1 aliphatic carbocycles. The Labute approximate surface area is 137 Å². The number of nitrogens with two attached hydrogens (primary N) is 1. The molecule has 0 spiro atoms. The number of fused-ring (bicyclic) bond motifs is 1. The molecule has 2 amide bonds. The Morgan fingerprint density at radius 3 is 2.73 bits per heavy atom. The van der Waals surface area contributed by atoms with Crippen molar-refractivity contribution in [2.45, 2.75) is 44.2 Å². The maximum atomic E-state index is 14.0. The van der Waals surface area contributed by atoms with Crippen LogP contribution in [0, 0.1) is 11.7 Å². The van der Waals surface area contributed by atoms with Crippen LogP contribution in [-0.4, -0.2) is 28.8 Å². The van der Waals surface area contributed by atoms with E-state index in [1.54, 1.807) is 6.07 Å². The third-order valence-corrected chi connectivity index (χ3v) is 5.30. The van der Waals surface area contributed by atoms with Crippen molar-refractivity contribution in [3.05, 3.63) is 34.1 Å². The highest BCUT2D eigenvalue weighted by molar-refractivity contribution is 9.10. The minimum atomic E-state index is -0.626. The topological polar surface area (TPSA) is 63.4 Å². The van der Waals surface area contributed by atoms with Gasteiger partial charge in [-0.3, -0.25) is 9.59 Å². The zero-order valence-corrected chi connectivity index (χ0v) is 13.7. The average molecular weight is 369 g/mol. The zero-order valence-electron chi connectivity index (χ0n) is 12.1. The number of carbonyl (C=O) groups is 2. The van der Waals surface area contributed by atoms with Crippen LogP contribution < -0.4 is 5.73 Å². The quantitative estimate of drug-likeness (QED) is 0.872. The molecule has 6 heteroatoms. The molecule has 1 saturated heterocycles. The molecule has 0 aromatic heterocycles. The van der Waals surface area contributed by atoms with Crippen molar-refractivity contribution in [1.29, 1.82) is 0 Å². The van der Waals surface area contributed by atoms with Crippen molar-refractivity contribution in [1.82, 2.24) is 4.90 Å². The second kappa shape index (κ2) is 5.99. The lowest BCUT2D eigenvalue weighted by Crippen LogP contribution is -2.48. The summed E-state index contributed by atoms with van der Waals surface area (Å²) < 4.78 is 14.7. The normalized spacial score (nSPS) is 27.5. The summed E-state index contributed by atoms with van der Waals surface area (Å²) in [4.78, 5) is 26.2. The fraction of sp³-hybridized carbons (Fsp3) is 0.500. The monoisotopic (exact) mass is 368 g/mol. The van der Waals surface area contributed by atoms with Crippen molar-refractivity contribution in [3.8, 4) is 0 Å². The van der Waals surface area contributed by atoms with Gasteiger partial charge < -0.3 is 10.6 Å². The summed E-state index contributed by atoms with van der Waals surface area (Å²) in [6.07, 6.45) is 4.59. The number of likely N-dealkylation sites (tertiary alicyclic amines) is 1. The predicted octanol–water partition coefficient (Wildman–Crippen LogP) is 2.85. The number of amides is 2. The van der Waals surface area contributed by atoms with Crippen LogP contribution in [0.15, 0.2) is 22.7 Å². The first-order valence-electron chi connectivity index (χ1n) is 7.56. The molecule has 3 rings (SSSR count). The summed E-state index contributed by atoms with van der Waals surface area (Å²) in [5.41, 5.74) is 5.48. The lowest BCUT2D eigenvalue weighted by Gasteiger charge is -2.33. The number of halogens is 2. The van der Waals surface area contributed by atoms with Crippen molar-refractivity contribution < 1.29 is 14.0 Å². The van der Waals surface area contributed by atoms with E-state index in [2.05, 4.69) is 15.9 Å². The van der Waals surface area contributed by atoms with Crippen LogP contribution in [0.5, 0.6) is 0 Å². The van der Waals surface area contributed by atoms with E-state index in [4.69, 9.17) is 5.73 Å². The highest BCUT2D eigenvalue weighted by Gasteiger charge is 2.47. The summed E-state index contributed by atoms with van der Waals surface area (Å²) >= 11 is 3.26. The number of hydrogen-bond donors (Lipinski definition) is 1. The molecule has 2 N–H and O–H groups in total. The number of hydrogen-bond acceptors (Lipinski definition) is 2. The highest BCUT2D eigenvalue weighted by atomic mass is 79.9. The minimum Gasteiger partial charge on any atom is -0.368 e.